The van der Waals surface area contributed by atoms with Crippen molar-refractivity contribution in [1.82, 2.24) is 9.62 Å². The highest BCUT2D eigenvalue weighted by molar-refractivity contribution is 7.88. The SMILES string of the molecule is Cc1ccc(CNC(=O)CN(C(C)(C)C)S(C)(=O)=O)cc1. The summed E-state index contributed by atoms with van der Waals surface area (Å²) < 4.78 is 24.7. The molecule has 0 aliphatic rings. The van der Waals surface area contributed by atoms with Crippen LogP contribution in [0.25, 0.3) is 0 Å². The fraction of sp³-hybridized carbons (Fsp3) is 0.533. The summed E-state index contributed by atoms with van der Waals surface area (Å²) in [5.41, 5.74) is 1.51. The molecule has 0 aliphatic carbocycles. The van der Waals surface area contributed by atoms with E-state index in [0.29, 0.717) is 6.54 Å². The zero-order valence-electron chi connectivity index (χ0n) is 13.3. The number of carbonyl (C=O) groups is 1. The summed E-state index contributed by atoms with van der Waals surface area (Å²) in [5, 5.41) is 2.75. The molecular weight excluding hydrogens is 288 g/mol. The minimum absolute atomic E-state index is 0.172. The van der Waals surface area contributed by atoms with Crippen LogP contribution in [0.5, 0.6) is 0 Å². The van der Waals surface area contributed by atoms with Gasteiger partial charge in [-0.2, -0.15) is 4.31 Å². The molecule has 0 bridgehead atoms. The zero-order chi connectivity index (χ0) is 16.3. The van der Waals surface area contributed by atoms with Gasteiger partial charge in [0, 0.05) is 12.1 Å². The van der Waals surface area contributed by atoms with Crippen molar-refractivity contribution >= 4 is 15.9 Å². The molecule has 6 heteroatoms. The average molecular weight is 312 g/mol. The molecule has 21 heavy (non-hydrogen) atoms. The third kappa shape index (κ3) is 5.85. The van der Waals surface area contributed by atoms with Gasteiger partial charge in [0.1, 0.15) is 0 Å². The van der Waals surface area contributed by atoms with Crippen molar-refractivity contribution in [2.45, 2.75) is 39.8 Å². The van der Waals surface area contributed by atoms with Gasteiger partial charge in [-0.05, 0) is 33.3 Å². The lowest BCUT2D eigenvalue weighted by Gasteiger charge is -2.32. The summed E-state index contributed by atoms with van der Waals surface area (Å²) in [5.74, 6) is -0.309. The van der Waals surface area contributed by atoms with Crippen molar-refractivity contribution in [3.8, 4) is 0 Å². The number of hydrogen-bond donors (Lipinski definition) is 1. The number of hydrogen-bond acceptors (Lipinski definition) is 3. The Kier molecular flexibility index (Phi) is 5.53. The summed E-state index contributed by atoms with van der Waals surface area (Å²) in [6, 6.07) is 7.82. The molecule has 1 aromatic carbocycles. The number of sulfonamides is 1. The van der Waals surface area contributed by atoms with E-state index in [-0.39, 0.29) is 12.5 Å². The summed E-state index contributed by atoms with van der Waals surface area (Å²) >= 11 is 0. The lowest BCUT2D eigenvalue weighted by molar-refractivity contribution is -0.122. The largest absolute Gasteiger partial charge is 0.351 e. The van der Waals surface area contributed by atoms with E-state index < -0.39 is 15.6 Å². The lowest BCUT2D eigenvalue weighted by Crippen LogP contribution is -2.49. The molecule has 0 aliphatic heterocycles. The molecule has 0 aromatic heterocycles. The molecule has 118 valence electrons. The molecule has 1 rings (SSSR count). The maximum absolute atomic E-state index is 12.0. The molecular formula is C15H24N2O3S. The third-order valence-corrected chi connectivity index (χ3v) is 4.52. The van der Waals surface area contributed by atoms with Crippen molar-refractivity contribution in [3.05, 3.63) is 35.4 Å². The number of carbonyl (C=O) groups excluding carboxylic acids is 1. The highest BCUT2D eigenvalue weighted by atomic mass is 32.2. The summed E-state index contributed by atoms with van der Waals surface area (Å²) in [7, 11) is -3.43. The smallest absolute Gasteiger partial charge is 0.235 e. The monoisotopic (exact) mass is 312 g/mol. The fourth-order valence-corrected chi connectivity index (χ4v) is 3.29. The van der Waals surface area contributed by atoms with Gasteiger partial charge in [-0.15, -0.1) is 0 Å². The number of aryl methyl sites for hydroxylation is 1. The second-order valence-electron chi connectivity index (χ2n) is 6.20. The van der Waals surface area contributed by atoms with Crippen molar-refractivity contribution in [1.29, 1.82) is 0 Å². The molecule has 1 aromatic rings. The normalized spacial score (nSPS) is 12.5. The molecule has 0 radical (unpaired) electrons. The van der Waals surface area contributed by atoms with Gasteiger partial charge in [0.25, 0.3) is 0 Å². The van der Waals surface area contributed by atoms with E-state index in [2.05, 4.69) is 5.32 Å². The first-order valence-electron chi connectivity index (χ1n) is 6.80. The standard InChI is InChI=1S/C15H24N2O3S/c1-12-6-8-13(9-7-12)10-16-14(18)11-17(15(2,3)4)21(5,19)20/h6-9H,10-11H2,1-5H3,(H,16,18). The Morgan fingerprint density at radius 1 is 1.19 bits per heavy atom. The van der Waals surface area contributed by atoms with Gasteiger partial charge in [0.15, 0.2) is 0 Å². The van der Waals surface area contributed by atoms with Crippen LogP contribution in [0.15, 0.2) is 24.3 Å². The van der Waals surface area contributed by atoms with Gasteiger partial charge in [0.2, 0.25) is 15.9 Å². The van der Waals surface area contributed by atoms with Crippen LogP contribution in [0.3, 0.4) is 0 Å². The molecule has 1 amide bonds. The molecule has 0 unspecified atom stereocenters. The van der Waals surface area contributed by atoms with Crippen LogP contribution < -0.4 is 5.32 Å². The maximum atomic E-state index is 12.0. The van der Waals surface area contributed by atoms with Crippen LogP contribution in [-0.4, -0.2) is 37.0 Å². The van der Waals surface area contributed by atoms with Gasteiger partial charge in [0.05, 0.1) is 12.8 Å². The Labute approximate surface area is 127 Å². The number of nitrogens with zero attached hydrogens (tertiary/aromatic N) is 1. The summed E-state index contributed by atoms with van der Waals surface area (Å²) in [6.45, 7) is 7.51. The van der Waals surface area contributed by atoms with Crippen LogP contribution in [0.1, 0.15) is 31.9 Å². The minimum atomic E-state index is -3.43. The Morgan fingerprint density at radius 2 is 1.71 bits per heavy atom. The van der Waals surface area contributed by atoms with Crippen molar-refractivity contribution < 1.29 is 13.2 Å². The topological polar surface area (TPSA) is 66.5 Å². The Morgan fingerprint density at radius 3 is 2.14 bits per heavy atom. The number of rotatable bonds is 5. The molecule has 5 nitrogen and oxygen atoms in total. The highest BCUT2D eigenvalue weighted by Gasteiger charge is 2.31. The molecule has 1 N–H and O–H groups in total. The van der Waals surface area contributed by atoms with Crippen LogP contribution in [0.4, 0.5) is 0 Å². The predicted octanol–water partition coefficient (Wildman–Crippen LogP) is 1.67. The van der Waals surface area contributed by atoms with Gasteiger partial charge < -0.3 is 5.32 Å². The Balaban J connectivity index is 2.65. The quantitative estimate of drug-likeness (QED) is 0.899. The first kappa shape index (κ1) is 17.7. The first-order chi connectivity index (χ1) is 9.50. The summed E-state index contributed by atoms with van der Waals surface area (Å²) in [4.78, 5) is 12.0. The fourth-order valence-electron chi connectivity index (χ4n) is 1.94. The van der Waals surface area contributed by atoms with Crippen LogP contribution >= 0.6 is 0 Å². The predicted molar refractivity (Wildman–Crippen MR) is 84.3 cm³/mol. The molecule has 0 fully saturated rings. The van der Waals surface area contributed by atoms with E-state index in [1.165, 1.54) is 4.31 Å². The molecule has 0 saturated heterocycles. The Bertz CT molecular complexity index is 586. The number of nitrogens with one attached hydrogen (secondary N) is 1. The molecule has 0 spiro atoms. The van der Waals surface area contributed by atoms with E-state index in [0.717, 1.165) is 17.4 Å². The lowest BCUT2D eigenvalue weighted by atomic mass is 10.1. The van der Waals surface area contributed by atoms with Gasteiger partial charge >= 0.3 is 0 Å². The van der Waals surface area contributed by atoms with E-state index in [1.807, 2.05) is 31.2 Å². The first-order valence-corrected chi connectivity index (χ1v) is 8.65. The maximum Gasteiger partial charge on any atom is 0.235 e. The Hall–Kier alpha value is -1.40. The number of amides is 1. The van der Waals surface area contributed by atoms with Gasteiger partial charge in [-0.3, -0.25) is 4.79 Å². The van der Waals surface area contributed by atoms with Gasteiger partial charge in [-0.25, -0.2) is 8.42 Å². The molecule has 0 atom stereocenters. The van der Waals surface area contributed by atoms with E-state index >= 15 is 0 Å². The highest BCUT2D eigenvalue weighted by Crippen LogP contribution is 2.16. The van der Waals surface area contributed by atoms with Crippen molar-refractivity contribution in [3.63, 3.8) is 0 Å². The second kappa shape index (κ2) is 6.58. The van der Waals surface area contributed by atoms with E-state index in [4.69, 9.17) is 0 Å². The zero-order valence-corrected chi connectivity index (χ0v) is 14.1. The molecule has 0 heterocycles. The van der Waals surface area contributed by atoms with Crippen molar-refractivity contribution in [2.75, 3.05) is 12.8 Å². The van der Waals surface area contributed by atoms with Crippen LogP contribution in [0, 0.1) is 6.92 Å². The minimum Gasteiger partial charge on any atom is -0.351 e. The van der Waals surface area contributed by atoms with E-state index in [1.54, 1.807) is 20.8 Å². The van der Waals surface area contributed by atoms with Crippen molar-refractivity contribution in [2.24, 2.45) is 0 Å². The summed E-state index contributed by atoms with van der Waals surface area (Å²) in [6.07, 6.45) is 1.12. The van der Waals surface area contributed by atoms with Crippen LogP contribution in [-0.2, 0) is 21.4 Å². The number of benzene rings is 1. The second-order valence-corrected chi connectivity index (χ2v) is 8.11. The van der Waals surface area contributed by atoms with E-state index in [9.17, 15) is 13.2 Å². The molecule has 0 saturated carbocycles. The van der Waals surface area contributed by atoms with Crippen LogP contribution in [0.2, 0.25) is 0 Å². The third-order valence-electron chi connectivity index (χ3n) is 3.05. The van der Waals surface area contributed by atoms with Gasteiger partial charge in [-0.1, -0.05) is 29.8 Å². The average Bonchev–Trinajstić information content (AvgIpc) is 2.32.